The van der Waals surface area contributed by atoms with Crippen molar-refractivity contribution in [3.8, 4) is 0 Å². The Labute approximate surface area is 139 Å². The number of benzene rings is 2. The Balaban J connectivity index is 1.94. The molecule has 0 saturated heterocycles. The van der Waals surface area contributed by atoms with Crippen LogP contribution in [0.15, 0.2) is 47.4 Å². The molecule has 0 spiro atoms. The van der Waals surface area contributed by atoms with Crippen LogP contribution in [-0.2, 0) is 4.79 Å². The third-order valence-electron chi connectivity index (χ3n) is 3.62. The standard InChI is InChI=1S/C17H16N2OS2/c1-11-6-5-7-12(2)16(11)18-17(21)19-13-8-3-4-9-14(13)22-10-15(19)20/h3-9H,10H2,1-2H3,(H,18,21). The van der Waals surface area contributed by atoms with Gasteiger partial charge in [0.25, 0.3) is 0 Å². The highest BCUT2D eigenvalue weighted by Crippen LogP contribution is 2.35. The zero-order chi connectivity index (χ0) is 15.7. The Morgan fingerprint density at radius 3 is 2.55 bits per heavy atom. The largest absolute Gasteiger partial charge is 0.331 e. The predicted molar refractivity (Wildman–Crippen MR) is 96.8 cm³/mol. The molecule has 1 heterocycles. The quantitative estimate of drug-likeness (QED) is 0.798. The summed E-state index contributed by atoms with van der Waals surface area (Å²) in [5.74, 6) is 0.415. The molecule has 0 bridgehead atoms. The van der Waals surface area contributed by atoms with E-state index >= 15 is 0 Å². The second-order valence-corrected chi connectivity index (χ2v) is 6.59. The first-order valence-electron chi connectivity index (χ1n) is 7.00. The van der Waals surface area contributed by atoms with E-state index in [0.29, 0.717) is 10.9 Å². The van der Waals surface area contributed by atoms with Gasteiger partial charge in [-0.2, -0.15) is 0 Å². The number of rotatable bonds is 1. The van der Waals surface area contributed by atoms with Crippen LogP contribution in [0.5, 0.6) is 0 Å². The molecule has 1 aliphatic heterocycles. The van der Waals surface area contributed by atoms with Gasteiger partial charge in [0, 0.05) is 10.6 Å². The molecular formula is C17H16N2OS2. The summed E-state index contributed by atoms with van der Waals surface area (Å²) in [5, 5.41) is 3.67. The Morgan fingerprint density at radius 1 is 1.14 bits per heavy atom. The zero-order valence-electron chi connectivity index (χ0n) is 12.4. The van der Waals surface area contributed by atoms with Crippen molar-refractivity contribution in [2.75, 3.05) is 16.0 Å². The summed E-state index contributed by atoms with van der Waals surface area (Å²) in [6.07, 6.45) is 0. The number of hydrogen-bond donors (Lipinski definition) is 1. The average molecular weight is 328 g/mol. The molecule has 2 aromatic rings. The van der Waals surface area contributed by atoms with Gasteiger partial charge in [-0.15, -0.1) is 11.8 Å². The van der Waals surface area contributed by atoms with Crippen molar-refractivity contribution in [3.63, 3.8) is 0 Å². The van der Waals surface area contributed by atoms with E-state index in [9.17, 15) is 4.79 Å². The van der Waals surface area contributed by atoms with Crippen LogP contribution in [0.3, 0.4) is 0 Å². The van der Waals surface area contributed by atoms with Crippen LogP contribution in [0.25, 0.3) is 0 Å². The number of hydrogen-bond acceptors (Lipinski definition) is 3. The van der Waals surface area contributed by atoms with Gasteiger partial charge in [-0.3, -0.25) is 9.69 Å². The normalized spacial score (nSPS) is 13.7. The van der Waals surface area contributed by atoms with Crippen molar-refractivity contribution < 1.29 is 4.79 Å². The highest BCUT2D eigenvalue weighted by molar-refractivity contribution is 8.00. The number of aryl methyl sites for hydroxylation is 2. The van der Waals surface area contributed by atoms with E-state index in [-0.39, 0.29) is 5.91 Å². The highest BCUT2D eigenvalue weighted by atomic mass is 32.2. The summed E-state index contributed by atoms with van der Waals surface area (Å²) in [7, 11) is 0. The number of nitrogens with one attached hydrogen (secondary N) is 1. The second-order valence-electron chi connectivity index (χ2n) is 5.18. The van der Waals surface area contributed by atoms with Gasteiger partial charge < -0.3 is 5.32 Å². The molecule has 2 aromatic carbocycles. The average Bonchev–Trinajstić information content (AvgIpc) is 2.51. The SMILES string of the molecule is Cc1cccc(C)c1NC(=S)N1C(=O)CSc2ccccc21. The minimum Gasteiger partial charge on any atom is -0.331 e. The molecule has 3 rings (SSSR count). The lowest BCUT2D eigenvalue weighted by molar-refractivity contribution is -0.115. The van der Waals surface area contributed by atoms with Crippen LogP contribution >= 0.6 is 24.0 Å². The number of carbonyl (C=O) groups excluding carboxylic acids is 1. The Morgan fingerprint density at radius 2 is 1.82 bits per heavy atom. The van der Waals surface area contributed by atoms with Crippen LogP contribution in [-0.4, -0.2) is 16.8 Å². The Hall–Kier alpha value is -1.85. The third-order valence-corrected chi connectivity index (χ3v) is 4.96. The van der Waals surface area contributed by atoms with Crippen molar-refractivity contribution in [3.05, 3.63) is 53.6 Å². The number of amides is 1. The van der Waals surface area contributed by atoms with Gasteiger partial charge in [-0.25, -0.2) is 0 Å². The maximum absolute atomic E-state index is 12.3. The lowest BCUT2D eigenvalue weighted by Crippen LogP contribution is -2.43. The zero-order valence-corrected chi connectivity index (χ0v) is 14.1. The lowest BCUT2D eigenvalue weighted by atomic mass is 10.1. The van der Waals surface area contributed by atoms with Gasteiger partial charge in [-0.05, 0) is 49.3 Å². The van der Waals surface area contributed by atoms with E-state index in [1.54, 1.807) is 16.7 Å². The van der Waals surface area contributed by atoms with E-state index in [0.717, 1.165) is 27.4 Å². The first-order valence-corrected chi connectivity index (χ1v) is 8.39. The molecule has 0 unspecified atom stereocenters. The van der Waals surface area contributed by atoms with Gasteiger partial charge in [0.05, 0.1) is 11.4 Å². The van der Waals surface area contributed by atoms with Gasteiger partial charge >= 0.3 is 0 Å². The topological polar surface area (TPSA) is 32.3 Å². The van der Waals surface area contributed by atoms with E-state index in [4.69, 9.17) is 12.2 Å². The van der Waals surface area contributed by atoms with Crippen molar-refractivity contribution in [2.45, 2.75) is 18.7 Å². The van der Waals surface area contributed by atoms with Crippen molar-refractivity contribution in [2.24, 2.45) is 0 Å². The van der Waals surface area contributed by atoms with E-state index in [1.165, 1.54) is 0 Å². The molecule has 0 aliphatic carbocycles. The number of thiocarbonyl (C=S) groups is 1. The fourth-order valence-electron chi connectivity index (χ4n) is 2.50. The first-order chi connectivity index (χ1) is 10.6. The highest BCUT2D eigenvalue weighted by Gasteiger charge is 2.27. The van der Waals surface area contributed by atoms with E-state index < -0.39 is 0 Å². The summed E-state index contributed by atoms with van der Waals surface area (Å²) in [5.41, 5.74) is 4.03. The molecule has 0 atom stereocenters. The van der Waals surface area contributed by atoms with Gasteiger partial charge in [0.2, 0.25) is 5.91 Å². The molecule has 0 fully saturated rings. The lowest BCUT2D eigenvalue weighted by Gasteiger charge is -2.30. The molecule has 0 radical (unpaired) electrons. The molecule has 1 amide bonds. The molecule has 0 aromatic heterocycles. The molecule has 22 heavy (non-hydrogen) atoms. The van der Waals surface area contributed by atoms with Gasteiger partial charge in [0.15, 0.2) is 5.11 Å². The molecule has 1 aliphatic rings. The minimum atomic E-state index is 0.00689. The van der Waals surface area contributed by atoms with Crippen LogP contribution in [0.1, 0.15) is 11.1 Å². The molecular weight excluding hydrogens is 312 g/mol. The summed E-state index contributed by atoms with van der Waals surface area (Å²) in [4.78, 5) is 15.0. The van der Waals surface area contributed by atoms with Crippen molar-refractivity contribution >= 4 is 46.4 Å². The number of anilines is 2. The summed E-state index contributed by atoms with van der Waals surface area (Å²) in [6, 6.07) is 13.9. The fourth-order valence-corrected chi connectivity index (χ4v) is 3.69. The molecule has 3 nitrogen and oxygen atoms in total. The fraction of sp³-hybridized carbons (Fsp3) is 0.176. The number of carbonyl (C=O) groups is 1. The van der Waals surface area contributed by atoms with Crippen molar-refractivity contribution in [1.82, 2.24) is 0 Å². The van der Waals surface area contributed by atoms with Crippen LogP contribution in [0.4, 0.5) is 11.4 Å². The Bertz CT molecular complexity index is 738. The predicted octanol–water partition coefficient (Wildman–Crippen LogP) is 4.14. The van der Waals surface area contributed by atoms with Crippen LogP contribution in [0, 0.1) is 13.8 Å². The maximum Gasteiger partial charge on any atom is 0.243 e. The molecule has 0 saturated carbocycles. The summed E-state index contributed by atoms with van der Waals surface area (Å²) >= 11 is 7.07. The third kappa shape index (κ3) is 2.74. The van der Waals surface area contributed by atoms with Gasteiger partial charge in [-0.1, -0.05) is 30.3 Å². The number of thioether (sulfide) groups is 1. The van der Waals surface area contributed by atoms with Crippen LogP contribution in [0.2, 0.25) is 0 Å². The van der Waals surface area contributed by atoms with Crippen molar-refractivity contribution in [1.29, 1.82) is 0 Å². The smallest absolute Gasteiger partial charge is 0.243 e. The monoisotopic (exact) mass is 328 g/mol. The molecule has 1 N–H and O–H groups in total. The van der Waals surface area contributed by atoms with E-state index in [2.05, 4.69) is 5.32 Å². The summed E-state index contributed by atoms with van der Waals surface area (Å²) < 4.78 is 0. The summed E-state index contributed by atoms with van der Waals surface area (Å²) in [6.45, 7) is 4.06. The maximum atomic E-state index is 12.3. The molecule has 5 heteroatoms. The number of fused-ring (bicyclic) bond motifs is 1. The minimum absolute atomic E-state index is 0.00689. The molecule has 112 valence electrons. The van der Waals surface area contributed by atoms with E-state index in [1.807, 2.05) is 56.3 Å². The van der Waals surface area contributed by atoms with Gasteiger partial charge in [0.1, 0.15) is 0 Å². The van der Waals surface area contributed by atoms with Crippen LogP contribution < -0.4 is 10.2 Å². The second kappa shape index (κ2) is 6.10. The Kier molecular flexibility index (Phi) is 4.18. The first kappa shape index (κ1) is 15.1. The number of para-hydroxylation sites is 2. The number of nitrogens with zero attached hydrogens (tertiary/aromatic N) is 1.